The number of carbonyl (C=O) groups is 1. The zero-order valence-corrected chi connectivity index (χ0v) is 16.2. The number of rotatable bonds is 7. The van der Waals surface area contributed by atoms with E-state index in [1.54, 1.807) is 25.1 Å². The predicted octanol–water partition coefficient (Wildman–Crippen LogP) is 5.54. The maximum atomic E-state index is 12.1. The maximum Gasteiger partial charge on any atom is 0.347 e. The molecule has 0 saturated carbocycles. The first-order valence-electron chi connectivity index (χ1n) is 8.43. The molecule has 0 saturated heterocycles. The molecule has 0 aliphatic rings. The van der Waals surface area contributed by atoms with Crippen LogP contribution in [0.3, 0.4) is 0 Å². The van der Waals surface area contributed by atoms with E-state index in [9.17, 15) is 4.79 Å². The molecule has 0 amide bonds. The van der Waals surface area contributed by atoms with Crippen molar-refractivity contribution in [2.24, 2.45) is 0 Å². The largest absolute Gasteiger partial charge is 0.488 e. The molecule has 140 valence electrons. The molecular formula is C21H18Cl2O4. The van der Waals surface area contributed by atoms with Crippen LogP contribution >= 0.6 is 23.2 Å². The Bertz CT molecular complexity index is 942. The predicted molar refractivity (Wildman–Crippen MR) is 107 cm³/mol. The van der Waals surface area contributed by atoms with Gasteiger partial charge in [0.25, 0.3) is 0 Å². The van der Waals surface area contributed by atoms with Gasteiger partial charge in [0.2, 0.25) is 0 Å². The highest BCUT2D eigenvalue weighted by molar-refractivity contribution is 6.35. The van der Waals surface area contributed by atoms with Crippen LogP contribution in [-0.2, 0) is 9.53 Å². The Hall–Kier alpha value is -2.43. The van der Waals surface area contributed by atoms with E-state index in [0.29, 0.717) is 21.5 Å². The fraction of sp³-hybridized carbons (Fsp3) is 0.190. The minimum Gasteiger partial charge on any atom is -0.488 e. The number of fused-ring (bicyclic) bond motifs is 1. The van der Waals surface area contributed by atoms with Gasteiger partial charge in [-0.1, -0.05) is 53.5 Å². The highest BCUT2D eigenvalue weighted by atomic mass is 35.5. The van der Waals surface area contributed by atoms with Crippen LogP contribution in [0.4, 0.5) is 0 Å². The topological polar surface area (TPSA) is 44.8 Å². The van der Waals surface area contributed by atoms with E-state index in [4.69, 9.17) is 37.4 Å². The lowest BCUT2D eigenvalue weighted by molar-refractivity contribution is -0.151. The van der Waals surface area contributed by atoms with Gasteiger partial charge in [0.15, 0.2) is 6.10 Å². The number of ether oxygens (including phenoxy) is 3. The van der Waals surface area contributed by atoms with Crippen LogP contribution in [0.25, 0.3) is 10.8 Å². The normalized spacial score (nSPS) is 11.8. The Morgan fingerprint density at radius 2 is 1.74 bits per heavy atom. The Morgan fingerprint density at radius 3 is 2.52 bits per heavy atom. The van der Waals surface area contributed by atoms with Crippen LogP contribution < -0.4 is 9.47 Å². The van der Waals surface area contributed by atoms with E-state index in [1.165, 1.54) is 0 Å². The van der Waals surface area contributed by atoms with E-state index in [0.717, 1.165) is 10.8 Å². The van der Waals surface area contributed by atoms with E-state index < -0.39 is 12.1 Å². The third-order valence-electron chi connectivity index (χ3n) is 3.84. The highest BCUT2D eigenvalue weighted by Gasteiger charge is 2.16. The Morgan fingerprint density at radius 1 is 0.963 bits per heavy atom. The van der Waals surface area contributed by atoms with Gasteiger partial charge in [-0.2, -0.15) is 0 Å². The van der Waals surface area contributed by atoms with Crippen molar-refractivity contribution in [3.63, 3.8) is 0 Å². The summed E-state index contributed by atoms with van der Waals surface area (Å²) in [5.41, 5.74) is 0. The molecule has 3 aromatic carbocycles. The van der Waals surface area contributed by atoms with E-state index >= 15 is 0 Å². The summed E-state index contributed by atoms with van der Waals surface area (Å²) in [4.78, 5) is 12.1. The van der Waals surface area contributed by atoms with Gasteiger partial charge in [-0.15, -0.1) is 0 Å². The molecule has 1 atom stereocenters. The highest BCUT2D eigenvalue weighted by Crippen LogP contribution is 2.27. The third-order valence-corrected chi connectivity index (χ3v) is 4.38. The molecule has 0 N–H and O–H groups in total. The zero-order chi connectivity index (χ0) is 19.2. The first-order valence-corrected chi connectivity index (χ1v) is 9.18. The summed E-state index contributed by atoms with van der Waals surface area (Å²) < 4.78 is 16.4. The van der Waals surface area contributed by atoms with Crippen LogP contribution in [0.5, 0.6) is 11.5 Å². The van der Waals surface area contributed by atoms with Gasteiger partial charge >= 0.3 is 5.97 Å². The Kier molecular flexibility index (Phi) is 6.43. The molecule has 0 spiro atoms. The van der Waals surface area contributed by atoms with Crippen LogP contribution in [0.2, 0.25) is 10.0 Å². The van der Waals surface area contributed by atoms with Gasteiger partial charge in [0.1, 0.15) is 24.7 Å². The van der Waals surface area contributed by atoms with Crippen LogP contribution in [0, 0.1) is 0 Å². The first kappa shape index (κ1) is 19.3. The number of esters is 1. The lowest BCUT2D eigenvalue weighted by Gasteiger charge is -2.15. The SMILES string of the molecule is CC(Oc1ccc2ccccc2c1)C(=O)OCCOc1ccc(Cl)cc1Cl. The summed E-state index contributed by atoms with van der Waals surface area (Å²) in [6.07, 6.45) is -0.731. The van der Waals surface area contributed by atoms with Crippen molar-refractivity contribution in [1.29, 1.82) is 0 Å². The van der Waals surface area contributed by atoms with Crippen molar-refractivity contribution in [1.82, 2.24) is 0 Å². The van der Waals surface area contributed by atoms with Gasteiger partial charge in [-0.05, 0) is 48.0 Å². The number of hydrogen-bond donors (Lipinski definition) is 0. The van der Waals surface area contributed by atoms with Crippen molar-refractivity contribution in [3.05, 3.63) is 70.7 Å². The minimum atomic E-state index is -0.731. The monoisotopic (exact) mass is 404 g/mol. The van der Waals surface area contributed by atoms with Gasteiger partial charge < -0.3 is 14.2 Å². The van der Waals surface area contributed by atoms with Gasteiger partial charge in [0, 0.05) is 5.02 Å². The summed E-state index contributed by atoms with van der Waals surface area (Å²) in [6, 6.07) is 18.5. The molecule has 4 nitrogen and oxygen atoms in total. The van der Waals surface area contributed by atoms with E-state index in [2.05, 4.69) is 0 Å². The summed E-state index contributed by atoms with van der Waals surface area (Å²) in [7, 11) is 0. The van der Waals surface area contributed by atoms with Crippen molar-refractivity contribution in [2.45, 2.75) is 13.0 Å². The molecule has 6 heteroatoms. The molecule has 0 aromatic heterocycles. The Labute approximate surface area is 167 Å². The number of benzene rings is 3. The summed E-state index contributed by atoms with van der Waals surface area (Å²) >= 11 is 11.8. The average molecular weight is 405 g/mol. The molecule has 0 fully saturated rings. The Balaban J connectivity index is 1.47. The fourth-order valence-corrected chi connectivity index (χ4v) is 2.96. The molecular weight excluding hydrogens is 387 g/mol. The lowest BCUT2D eigenvalue weighted by atomic mass is 10.1. The molecule has 0 radical (unpaired) electrons. The van der Waals surface area contributed by atoms with Crippen molar-refractivity contribution in [2.75, 3.05) is 13.2 Å². The molecule has 0 heterocycles. The summed E-state index contributed by atoms with van der Waals surface area (Å²) in [5.74, 6) is 0.633. The lowest BCUT2D eigenvalue weighted by Crippen LogP contribution is -2.27. The van der Waals surface area contributed by atoms with Crippen molar-refractivity contribution >= 4 is 39.9 Å². The fourth-order valence-electron chi connectivity index (χ4n) is 2.50. The van der Waals surface area contributed by atoms with Crippen LogP contribution in [0.15, 0.2) is 60.7 Å². The molecule has 0 aliphatic heterocycles. The quantitative estimate of drug-likeness (QED) is 0.383. The number of halogens is 2. The second-order valence-corrected chi connectivity index (χ2v) is 6.70. The number of hydrogen-bond acceptors (Lipinski definition) is 4. The standard InChI is InChI=1S/C21H18Cl2O4/c1-14(27-18-8-6-15-4-2-3-5-16(15)12-18)21(24)26-11-10-25-20-9-7-17(22)13-19(20)23/h2-9,12-14H,10-11H2,1H3. The van der Waals surface area contributed by atoms with Gasteiger partial charge in [-0.25, -0.2) is 4.79 Å². The second-order valence-electron chi connectivity index (χ2n) is 5.86. The van der Waals surface area contributed by atoms with E-state index in [-0.39, 0.29) is 13.2 Å². The summed E-state index contributed by atoms with van der Waals surface area (Å²) in [6.45, 7) is 1.91. The zero-order valence-electron chi connectivity index (χ0n) is 14.7. The first-order chi connectivity index (χ1) is 13.0. The average Bonchev–Trinajstić information content (AvgIpc) is 2.66. The minimum absolute atomic E-state index is 0.0865. The number of carbonyl (C=O) groups excluding carboxylic acids is 1. The molecule has 3 aromatic rings. The van der Waals surface area contributed by atoms with Crippen molar-refractivity contribution in [3.8, 4) is 11.5 Å². The maximum absolute atomic E-state index is 12.1. The molecule has 3 rings (SSSR count). The van der Waals surface area contributed by atoms with Crippen LogP contribution in [0.1, 0.15) is 6.92 Å². The third kappa shape index (κ3) is 5.28. The van der Waals surface area contributed by atoms with Gasteiger partial charge in [-0.3, -0.25) is 0 Å². The smallest absolute Gasteiger partial charge is 0.347 e. The molecule has 27 heavy (non-hydrogen) atoms. The van der Waals surface area contributed by atoms with Gasteiger partial charge in [0.05, 0.1) is 5.02 Å². The summed E-state index contributed by atoms with van der Waals surface area (Å²) in [5, 5.41) is 3.09. The van der Waals surface area contributed by atoms with Crippen LogP contribution in [-0.4, -0.2) is 25.3 Å². The second kappa shape index (κ2) is 8.98. The van der Waals surface area contributed by atoms with E-state index in [1.807, 2.05) is 42.5 Å². The molecule has 0 aliphatic carbocycles. The molecule has 0 bridgehead atoms. The van der Waals surface area contributed by atoms with Crippen molar-refractivity contribution < 1.29 is 19.0 Å². The molecule has 1 unspecified atom stereocenters.